The van der Waals surface area contributed by atoms with E-state index in [0.29, 0.717) is 0 Å². The maximum atomic E-state index is 5.47. The highest BCUT2D eigenvalue weighted by Gasteiger charge is 2.04. The molecule has 0 amide bonds. The summed E-state index contributed by atoms with van der Waals surface area (Å²) in [6.45, 7) is 0. The molecule has 17 heavy (non-hydrogen) atoms. The average molecular weight is 234 g/mol. The first kappa shape index (κ1) is 11.4. The third kappa shape index (κ3) is 2.53. The van der Waals surface area contributed by atoms with Crippen molar-refractivity contribution in [1.29, 1.82) is 0 Å². The standard InChI is InChI=1S/C16H10S/c1-3-13-9-5-7-11-15(13)17-16-12-8-6-10-14(16)4-2/h1-2,5-12H. The van der Waals surface area contributed by atoms with Gasteiger partial charge < -0.3 is 0 Å². The Morgan fingerprint density at radius 1 is 0.706 bits per heavy atom. The van der Waals surface area contributed by atoms with Crippen molar-refractivity contribution in [2.75, 3.05) is 0 Å². The minimum absolute atomic E-state index is 0.893. The highest BCUT2D eigenvalue weighted by Crippen LogP contribution is 2.32. The van der Waals surface area contributed by atoms with Crippen LogP contribution in [0.5, 0.6) is 0 Å². The van der Waals surface area contributed by atoms with Gasteiger partial charge in [-0.05, 0) is 24.3 Å². The lowest BCUT2D eigenvalue weighted by Crippen LogP contribution is -1.83. The van der Waals surface area contributed by atoms with Gasteiger partial charge in [-0.1, -0.05) is 47.9 Å². The zero-order valence-electron chi connectivity index (χ0n) is 9.18. The van der Waals surface area contributed by atoms with E-state index < -0.39 is 0 Å². The van der Waals surface area contributed by atoms with Crippen molar-refractivity contribution in [3.63, 3.8) is 0 Å². The first-order chi connectivity index (χ1) is 8.35. The molecule has 0 atom stereocenters. The van der Waals surface area contributed by atoms with Crippen LogP contribution in [0.2, 0.25) is 0 Å². The van der Waals surface area contributed by atoms with Gasteiger partial charge in [-0.25, -0.2) is 0 Å². The van der Waals surface area contributed by atoms with Crippen LogP contribution in [0.4, 0.5) is 0 Å². The Balaban J connectivity index is 2.40. The number of hydrogen-bond donors (Lipinski definition) is 0. The molecule has 0 N–H and O–H groups in total. The Labute approximate surface area is 106 Å². The van der Waals surface area contributed by atoms with Gasteiger partial charge in [0, 0.05) is 20.9 Å². The van der Waals surface area contributed by atoms with Crippen LogP contribution < -0.4 is 0 Å². The Bertz CT molecular complexity index is 556. The summed E-state index contributed by atoms with van der Waals surface area (Å²) < 4.78 is 0. The van der Waals surface area contributed by atoms with Crippen molar-refractivity contribution in [2.24, 2.45) is 0 Å². The summed E-state index contributed by atoms with van der Waals surface area (Å²) in [6, 6.07) is 15.7. The van der Waals surface area contributed by atoms with Crippen LogP contribution in [0, 0.1) is 24.7 Å². The van der Waals surface area contributed by atoms with Gasteiger partial charge in [0.1, 0.15) is 0 Å². The molecular weight excluding hydrogens is 224 g/mol. The van der Waals surface area contributed by atoms with Gasteiger partial charge >= 0.3 is 0 Å². The second-order valence-electron chi connectivity index (χ2n) is 3.38. The second-order valence-corrected chi connectivity index (χ2v) is 4.47. The van der Waals surface area contributed by atoms with Gasteiger partial charge in [-0.15, -0.1) is 12.8 Å². The summed E-state index contributed by atoms with van der Waals surface area (Å²) >= 11 is 1.60. The topological polar surface area (TPSA) is 0 Å². The van der Waals surface area contributed by atoms with E-state index in [-0.39, 0.29) is 0 Å². The quantitative estimate of drug-likeness (QED) is 0.712. The van der Waals surface area contributed by atoms with E-state index in [1.54, 1.807) is 11.8 Å². The Kier molecular flexibility index (Phi) is 3.55. The third-order valence-electron chi connectivity index (χ3n) is 2.31. The van der Waals surface area contributed by atoms with Crippen LogP contribution in [0.15, 0.2) is 58.3 Å². The van der Waals surface area contributed by atoms with Crippen LogP contribution >= 0.6 is 11.8 Å². The molecule has 0 aliphatic rings. The van der Waals surface area contributed by atoms with E-state index in [1.165, 1.54) is 0 Å². The average Bonchev–Trinajstić information content (AvgIpc) is 2.40. The summed E-state index contributed by atoms with van der Waals surface area (Å²) in [7, 11) is 0. The lowest BCUT2D eigenvalue weighted by atomic mass is 10.2. The molecule has 0 fully saturated rings. The van der Waals surface area contributed by atoms with Gasteiger partial charge in [0.05, 0.1) is 0 Å². The minimum atomic E-state index is 0.893. The molecule has 0 bridgehead atoms. The van der Waals surface area contributed by atoms with Crippen molar-refractivity contribution >= 4 is 11.8 Å². The van der Waals surface area contributed by atoms with Crippen molar-refractivity contribution in [2.45, 2.75) is 9.79 Å². The van der Waals surface area contributed by atoms with Gasteiger partial charge in [-0.3, -0.25) is 0 Å². The summed E-state index contributed by atoms with van der Waals surface area (Å²) in [5.41, 5.74) is 1.79. The van der Waals surface area contributed by atoms with E-state index in [0.717, 1.165) is 20.9 Å². The predicted octanol–water partition coefficient (Wildman–Crippen LogP) is 3.80. The van der Waals surface area contributed by atoms with Gasteiger partial charge in [0.25, 0.3) is 0 Å². The van der Waals surface area contributed by atoms with Crippen LogP contribution in [-0.4, -0.2) is 0 Å². The fourth-order valence-electron chi connectivity index (χ4n) is 1.47. The molecule has 0 heterocycles. The molecule has 1 heteroatoms. The number of benzene rings is 2. The van der Waals surface area contributed by atoms with Crippen LogP contribution in [0.1, 0.15) is 11.1 Å². The number of hydrogen-bond acceptors (Lipinski definition) is 1. The molecule has 0 nitrogen and oxygen atoms in total. The summed E-state index contributed by atoms with van der Waals surface area (Å²) in [5, 5.41) is 0. The summed E-state index contributed by atoms with van der Waals surface area (Å²) in [6.07, 6.45) is 10.9. The van der Waals surface area contributed by atoms with Crippen LogP contribution in [0.25, 0.3) is 0 Å². The molecule has 80 valence electrons. The fraction of sp³-hybridized carbons (Fsp3) is 0. The molecule has 2 rings (SSSR count). The zero-order chi connectivity index (χ0) is 12.1. The van der Waals surface area contributed by atoms with Crippen LogP contribution in [0.3, 0.4) is 0 Å². The SMILES string of the molecule is C#Cc1ccccc1Sc1ccccc1C#C. The van der Waals surface area contributed by atoms with Crippen LogP contribution in [-0.2, 0) is 0 Å². The molecule has 0 saturated heterocycles. The zero-order valence-corrected chi connectivity index (χ0v) is 10.00. The Hall–Kier alpha value is -2.09. The first-order valence-corrected chi connectivity index (χ1v) is 5.96. The molecule has 0 aromatic heterocycles. The van der Waals surface area contributed by atoms with E-state index in [9.17, 15) is 0 Å². The highest BCUT2D eigenvalue weighted by molar-refractivity contribution is 7.99. The van der Waals surface area contributed by atoms with E-state index in [4.69, 9.17) is 12.8 Å². The van der Waals surface area contributed by atoms with E-state index >= 15 is 0 Å². The largest absolute Gasteiger partial charge is 0.115 e. The molecule has 2 aromatic carbocycles. The normalized spacial score (nSPS) is 9.29. The van der Waals surface area contributed by atoms with Gasteiger partial charge in [0.15, 0.2) is 0 Å². The maximum Gasteiger partial charge on any atom is 0.0382 e. The van der Waals surface area contributed by atoms with Crippen molar-refractivity contribution in [3.05, 3.63) is 59.7 Å². The molecular formula is C16H10S. The van der Waals surface area contributed by atoms with Crippen molar-refractivity contribution in [3.8, 4) is 24.7 Å². The summed E-state index contributed by atoms with van der Waals surface area (Å²) in [5.74, 6) is 5.36. The van der Waals surface area contributed by atoms with Crippen molar-refractivity contribution in [1.82, 2.24) is 0 Å². The highest BCUT2D eigenvalue weighted by atomic mass is 32.2. The molecule has 0 saturated carbocycles. The Morgan fingerprint density at radius 2 is 1.12 bits per heavy atom. The first-order valence-electron chi connectivity index (χ1n) is 5.14. The van der Waals surface area contributed by atoms with Crippen molar-refractivity contribution < 1.29 is 0 Å². The number of terminal acetylenes is 2. The number of rotatable bonds is 2. The fourth-order valence-corrected chi connectivity index (χ4v) is 2.47. The third-order valence-corrected chi connectivity index (χ3v) is 3.46. The maximum absolute atomic E-state index is 5.47. The Morgan fingerprint density at radius 3 is 1.53 bits per heavy atom. The minimum Gasteiger partial charge on any atom is -0.115 e. The monoisotopic (exact) mass is 234 g/mol. The molecule has 0 spiro atoms. The molecule has 0 aliphatic heterocycles. The molecule has 0 aliphatic carbocycles. The van der Waals surface area contributed by atoms with E-state index in [1.807, 2.05) is 48.5 Å². The molecule has 0 radical (unpaired) electrons. The molecule has 0 unspecified atom stereocenters. The lowest BCUT2D eigenvalue weighted by molar-refractivity contribution is 1.36. The van der Waals surface area contributed by atoms with E-state index in [2.05, 4.69) is 11.8 Å². The van der Waals surface area contributed by atoms with Gasteiger partial charge in [-0.2, -0.15) is 0 Å². The second kappa shape index (κ2) is 5.30. The smallest absolute Gasteiger partial charge is 0.0382 e. The van der Waals surface area contributed by atoms with Gasteiger partial charge in [0.2, 0.25) is 0 Å². The summed E-state index contributed by atoms with van der Waals surface area (Å²) in [4.78, 5) is 2.11. The molecule has 2 aromatic rings. The predicted molar refractivity (Wildman–Crippen MR) is 72.9 cm³/mol. The lowest BCUT2D eigenvalue weighted by Gasteiger charge is -2.06.